The first-order chi connectivity index (χ1) is 12.6. The summed E-state index contributed by atoms with van der Waals surface area (Å²) >= 11 is 0. The highest BCUT2D eigenvalue weighted by atomic mass is 16.5. The van der Waals surface area contributed by atoms with E-state index in [0.717, 1.165) is 31.5 Å². The Hall–Kier alpha value is -2.48. The molecule has 0 saturated carbocycles. The van der Waals surface area contributed by atoms with Crippen molar-refractivity contribution in [1.29, 1.82) is 0 Å². The summed E-state index contributed by atoms with van der Waals surface area (Å²) in [6.07, 6.45) is 7.75. The van der Waals surface area contributed by atoms with Crippen LogP contribution in [0.5, 0.6) is 0 Å². The van der Waals surface area contributed by atoms with Gasteiger partial charge in [-0.25, -0.2) is 9.50 Å². The summed E-state index contributed by atoms with van der Waals surface area (Å²) in [4.78, 5) is 33.5. The first-order valence-corrected chi connectivity index (χ1v) is 9.13. The van der Waals surface area contributed by atoms with Crippen molar-refractivity contribution in [2.24, 2.45) is 0 Å². The lowest BCUT2D eigenvalue weighted by Crippen LogP contribution is -2.53. The van der Waals surface area contributed by atoms with E-state index < -0.39 is 6.10 Å². The highest BCUT2D eigenvalue weighted by molar-refractivity contribution is 6.00. The Kier molecular flexibility index (Phi) is 4.58. The number of aromatic nitrogens is 3. The molecule has 2 aromatic rings. The second kappa shape index (κ2) is 7.03. The van der Waals surface area contributed by atoms with E-state index in [1.807, 2.05) is 18.0 Å². The molecule has 2 aliphatic heterocycles. The van der Waals surface area contributed by atoms with Gasteiger partial charge in [0, 0.05) is 32.0 Å². The fourth-order valence-corrected chi connectivity index (χ4v) is 3.59. The smallest absolute Gasteiger partial charge is 0.259 e. The summed E-state index contributed by atoms with van der Waals surface area (Å²) in [5.74, 6) is -0.160. The Labute approximate surface area is 151 Å². The van der Waals surface area contributed by atoms with Crippen molar-refractivity contribution in [1.82, 2.24) is 24.4 Å². The third-order valence-electron chi connectivity index (χ3n) is 5.01. The summed E-state index contributed by atoms with van der Waals surface area (Å²) in [7, 11) is 0. The van der Waals surface area contributed by atoms with Gasteiger partial charge in [-0.1, -0.05) is 0 Å². The molecule has 4 rings (SSSR count). The average molecular weight is 357 g/mol. The second-order valence-corrected chi connectivity index (χ2v) is 6.95. The van der Waals surface area contributed by atoms with Gasteiger partial charge < -0.3 is 14.5 Å². The largest absolute Gasteiger partial charge is 0.365 e. The number of hydrogen-bond donors (Lipinski definition) is 0. The number of ether oxygens (including phenoxy) is 1. The fourth-order valence-electron chi connectivity index (χ4n) is 3.59. The number of rotatable bonds is 2. The Morgan fingerprint density at radius 3 is 2.73 bits per heavy atom. The lowest BCUT2D eigenvalue weighted by Gasteiger charge is -2.36. The Morgan fingerprint density at radius 1 is 1.12 bits per heavy atom. The van der Waals surface area contributed by atoms with E-state index in [1.165, 1.54) is 6.42 Å². The molecule has 0 aromatic carbocycles. The third-order valence-corrected chi connectivity index (χ3v) is 5.01. The highest BCUT2D eigenvalue weighted by Gasteiger charge is 2.33. The van der Waals surface area contributed by atoms with Gasteiger partial charge >= 0.3 is 0 Å². The lowest BCUT2D eigenvalue weighted by molar-refractivity contribution is -0.149. The van der Waals surface area contributed by atoms with Crippen molar-refractivity contribution in [3.05, 3.63) is 29.7 Å². The number of likely N-dealkylation sites (tertiary alicyclic amines) is 1. The molecule has 0 N–H and O–H groups in total. The molecule has 2 saturated heterocycles. The zero-order valence-electron chi connectivity index (χ0n) is 14.9. The minimum atomic E-state index is -0.581. The zero-order valence-corrected chi connectivity index (χ0v) is 14.9. The number of carbonyl (C=O) groups excluding carboxylic acids is 2. The Bertz CT molecular complexity index is 827. The number of piperidine rings is 1. The molecule has 2 aromatic heterocycles. The molecule has 0 radical (unpaired) electrons. The lowest BCUT2D eigenvalue weighted by atomic mass is 10.1. The molecule has 0 unspecified atom stereocenters. The molecule has 2 amide bonds. The predicted octanol–water partition coefficient (Wildman–Crippen LogP) is 0.891. The Morgan fingerprint density at radius 2 is 1.92 bits per heavy atom. The van der Waals surface area contributed by atoms with Crippen LogP contribution in [0.1, 0.15) is 35.2 Å². The SMILES string of the molecule is Cc1cnc2c(C(=O)N3CCO[C@H](C(=O)N4CCCCC4)C3)cnn2c1. The number of carbonyl (C=O) groups is 2. The maximum absolute atomic E-state index is 13.0. The van der Waals surface area contributed by atoms with E-state index >= 15 is 0 Å². The topological polar surface area (TPSA) is 80.0 Å². The van der Waals surface area contributed by atoms with Crippen LogP contribution >= 0.6 is 0 Å². The fraction of sp³-hybridized carbons (Fsp3) is 0.556. The molecule has 26 heavy (non-hydrogen) atoms. The summed E-state index contributed by atoms with van der Waals surface area (Å²) < 4.78 is 7.28. The predicted molar refractivity (Wildman–Crippen MR) is 93.8 cm³/mol. The quantitative estimate of drug-likeness (QED) is 0.797. The molecule has 138 valence electrons. The van der Waals surface area contributed by atoms with E-state index in [9.17, 15) is 9.59 Å². The molecule has 1 atom stereocenters. The van der Waals surface area contributed by atoms with Crippen LogP contribution in [0.4, 0.5) is 0 Å². The maximum Gasteiger partial charge on any atom is 0.259 e. The molecule has 0 bridgehead atoms. The van der Waals surface area contributed by atoms with E-state index in [-0.39, 0.29) is 18.4 Å². The molecule has 8 heteroatoms. The monoisotopic (exact) mass is 357 g/mol. The molecule has 4 heterocycles. The van der Waals surface area contributed by atoms with Crippen molar-refractivity contribution in [3.8, 4) is 0 Å². The van der Waals surface area contributed by atoms with Gasteiger partial charge in [0.05, 0.1) is 19.3 Å². The van der Waals surface area contributed by atoms with Crippen molar-refractivity contribution in [2.45, 2.75) is 32.3 Å². The first kappa shape index (κ1) is 17.0. The molecule has 2 fully saturated rings. The number of aryl methyl sites for hydroxylation is 1. The van der Waals surface area contributed by atoms with Crippen molar-refractivity contribution >= 4 is 17.5 Å². The van der Waals surface area contributed by atoms with Crippen LogP contribution in [-0.4, -0.2) is 75.1 Å². The number of nitrogens with zero attached hydrogens (tertiary/aromatic N) is 5. The number of morpholine rings is 1. The van der Waals surface area contributed by atoms with Crippen LogP contribution < -0.4 is 0 Å². The van der Waals surface area contributed by atoms with Crippen LogP contribution in [-0.2, 0) is 9.53 Å². The summed E-state index contributed by atoms with van der Waals surface area (Å²) in [5, 5.41) is 4.22. The van der Waals surface area contributed by atoms with Gasteiger partial charge in [-0.3, -0.25) is 9.59 Å². The van der Waals surface area contributed by atoms with Gasteiger partial charge in [-0.2, -0.15) is 5.10 Å². The van der Waals surface area contributed by atoms with Crippen LogP contribution in [0.25, 0.3) is 5.65 Å². The van der Waals surface area contributed by atoms with Crippen LogP contribution in [0.3, 0.4) is 0 Å². The van der Waals surface area contributed by atoms with Crippen LogP contribution in [0.2, 0.25) is 0 Å². The average Bonchev–Trinajstić information content (AvgIpc) is 3.10. The van der Waals surface area contributed by atoms with Gasteiger partial charge in [0.1, 0.15) is 5.56 Å². The second-order valence-electron chi connectivity index (χ2n) is 6.95. The standard InChI is InChI=1S/C18H23N5O3/c1-13-9-19-16-14(10-20-23(16)11-13)17(24)22-7-8-26-15(12-22)18(25)21-5-3-2-4-6-21/h9-11,15H,2-8,12H2,1H3/t15-/m0/s1. The molecular weight excluding hydrogens is 334 g/mol. The van der Waals surface area contributed by atoms with E-state index in [0.29, 0.717) is 24.4 Å². The summed E-state index contributed by atoms with van der Waals surface area (Å²) in [5.41, 5.74) is 1.96. The van der Waals surface area contributed by atoms with Crippen LogP contribution in [0.15, 0.2) is 18.6 Å². The van der Waals surface area contributed by atoms with Crippen LogP contribution in [0, 0.1) is 6.92 Å². The zero-order chi connectivity index (χ0) is 18.1. The first-order valence-electron chi connectivity index (χ1n) is 9.13. The number of hydrogen-bond acceptors (Lipinski definition) is 5. The van der Waals surface area contributed by atoms with Crippen molar-refractivity contribution < 1.29 is 14.3 Å². The van der Waals surface area contributed by atoms with Gasteiger partial charge in [-0.15, -0.1) is 0 Å². The Balaban J connectivity index is 1.49. The van der Waals surface area contributed by atoms with Gasteiger partial charge in [0.15, 0.2) is 11.8 Å². The van der Waals surface area contributed by atoms with E-state index in [2.05, 4.69) is 10.1 Å². The highest BCUT2D eigenvalue weighted by Crippen LogP contribution is 2.17. The molecule has 2 aliphatic rings. The minimum Gasteiger partial charge on any atom is -0.365 e. The molecular formula is C18H23N5O3. The van der Waals surface area contributed by atoms with Crippen molar-refractivity contribution in [3.63, 3.8) is 0 Å². The van der Waals surface area contributed by atoms with E-state index in [4.69, 9.17) is 4.74 Å². The van der Waals surface area contributed by atoms with Gasteiger partial charge in [-0.05, 0) is 31.7 Å². The van der Waals surface area contributed by atoms with Gasteiger partial charge in [0.2, 0.25) is 0 Å². The van der Waals surface area contributed by atoms with Crippen molar-refractivity contribution in [2.75, 3.05) is 32.8 Å². The summed E-state index contributed by atoms with van der Waals surface area (Å²) in [6, 6.07) is 0. The third kappa shape index (κ3) is 3.16. The van der Waals surface area contributed by atoms with E-state index in [1.54, 1.807) is 21.8 Å². The molecule has 8 nitrogen and oxygen atoms in total. The maximum atomic E-state index is 13.0. The minimum absolute atomic E-state index is 0.00388. The van der Waals surface area contributed by atoms with Gasteiger partial charge in [0.25, 0.3) is 11.8 Å². The molecule has 0 spiro atoms. The molecule has 0 aliphatic carbocycles. The summed E-state index contributed by atoms with van der Waals surface area (Å²) in [6.45, 7) is 4.59. The number of fused-ring (bicyclic) bond motifs is 1. The normalized spacial score (nSPS) is 21.2. The number of amides is 2.